The van der Waals surface area contributed by atoms with Crippen molar-refractivity contribution in [3.63, 3.8) is 0 Å². The van der Waals surface area contributed by atoms with Gasteiger partial charge in [-0.05, 0) is 38.5 Å². The van der Waals surface area contributed by atoms with Crippen LogP contribution in [0, 0.1) is 13.8 Å². The number of rotatable bonds is 7. The first-order valence-corrected chi connectivity index (χ1v) is 9.07. The molecule has 0 saturated heterocycles. The predicted molar refractivity (Wildman–Crippen MR) is 107 cm³/mol. The van der Waals surface area contributed by atoms with Crippen LogP contribution in [0.1, 0.15) is 28.3 Å². The first kappa shape index (κ1) is 18.7. The zero-order valence-corrected chi connectivity index (χ0v) is 16.3. The first-order valence-electron chi connectivity index (χ1n) is 9.07. The molecular weight excluding hydrogens is 340 g/mol. The lowest BCUT2D eigenvalue weighted by atomic mass is 10.1. The van der Waals surface area contributed by atoms with Crippen LogP contribution in [0.25, 0.3) is 11.3 Å². The molecule has 0 radical (unpaired) electrons. The molecule has 2 aromatic heterocycles. The highest BCUT2D eigenvalue weighted by Crippen LogP contribution is 2.25. The van der Waals surface area contributed by atoms with Crippen molar-refractivity contribution in [2.45, 2.75) is 20.3 Å². The monoisotopic (exact) mass is 366 g/mol. The maximum absolute atomic E-state index is 12.4. The Kier molecular flexibility index (Phi) is 5.59. The average Bonchev–Trinajstić information content (AvgIpc) is 3.24. The third-order valence-electron chi connectivity index (χ3n) is 4.74. The number of carbonyl (C=O) groups excluding carboxylic acids is 1. The van der Waals surface area contributed by atoms with E-state index in [4.69, 9.17) is 0 Å². The van der Waals surface area contributed by atoms with E-state index in [0.29, 0.717) is 12.2 Å². The maximum atomic E-state index is 12.4. The normalized spacial score (nSPS) is 10.8. The summed E-state index contributed by atoms with van der Waals surface area (Å²) in [5, 5.41) is 14.5. The van der Waals surface area contributed by atoms with E-state index in [9.17, 15) is 4.79 Å². The summed E-state index contributed by atoms with van der Waals surface area (Å²) in [7, 11) is 3.95. The van der Waals surface area contributed by atoms with Crippen molar-refractivity contribution in [2.24, 2.45) is 7.05 Å². The lowest BCUT2D eigenvalue weighted by Crippen LogP contribution is -2.28. The predicted octanol–water partition coefficient (Wildman–Crippen LogP) is 2.68. The van der Waals surface area contributed by atoms with Gasteiger partial charge in [0.1, 0.15) is 5.69 Å². The van der Waals surface area contributed by atoms with Gasteiger partial charge in [0.2, 0.25) is 0 Å². The number of aryl methyl sites for hydroxylation is 2. The summed E-state index contributed by atoms with van der Waals surface area (Å²) in [5.74, 6) is -0.143. The van der Waals surface area contributed by atoms with Crippen LogP contribution in [0.3, 0.4) is 0 Å². The number of nitrogens with one attached hydrogen (secondary N) is 2. The molecule has 3 aromatic rings. The van der Waals surface area contributed by atoms with Gasteiger partial charge in [0, 0.05) is 44.1 Å². The summed E-state index contributed by atoms with van der Waals surface area (Å²) in [5.41, 5.74) is 5.27. The van der Waals surface area contributed by atoms with Crippen molar-refractivity contribution in [1.82, 2.24) is 25.3 Å². The fourth-order valence-corrected chi connectivity index (χ4v) is 3.14. The van der Waals surface area contributed by atoms with Crippen molar-refractivity contribution >= 4 is 11.6 Å². The van der Waals surface area contributed by atoms with Gasteiger partial charge in [-0.25, -0.2) is 0 Å². The van der Waals surface area contributed by atoms with E-state index in [1.165, 1.54) is 5.69 Å². The molecular formula is C20H26N6O. The molecule has 0 atom stereocenters. The lowest BCUT2D eigenvalue weighted by Gasteiger charge is -2.19. The van der Waals surface area contributed by atoms with Gasteiger partial charge in [0.15, 0.2) is 0 Å². The van der Waals surface area contributed by atoms with Crippen LogP contribution in [0.15, 0.2) is 36.4 Å². The molecule has 2 N–H and O–H groups in total. The summed E-state index contributed by atoms with van der Waals surface area (Å²) in [6.45, 7) is 5.41. The Hall–Kier alpha value is -3.09. The number of carbonyl (C=O) groups is 1. The molecule has 3 rings (SSSR count). The summed E-state index contributed by atoms with van der Waals surface area (Å²) >= 11 is 0. The second-order valence-corrected chi connectivity index (χ2v) is 6.70. The quantitative estimate of drug-likeness (QED) is 0.630. The molecule has 0 saturated carbocycles. The van der Waals surface area contributed by atoms with Gasteiger partial charge in [-0.2, -0.15) is 10.2 Å². The Morgan fingerprint density at radius 2 is 2.00 bits per heavy atom. The Morgan fingerprint density at radius 3 is 2.67 bits per heavy atom. The third kappa shape index (κ3) is 4.19. The molecule has 0 aliphatic heterocycles. The van der Waals surface area contributed by atoms with Gasteiger partial charge in [-0.3, -0.25) is 14.6 Å². The highest BCUT2D eigenvalue weighted by molar-refractivity contribution is 5.93. The van der Waals surface area contributed by atoms with E-state index in [2.05, 4.69) is 44.7 Å². The van der Waals surface area contributed by atoms with Crippen molar-refractivity contribution in [2.75, 3.05) is 25.0 Å². The highest BCUT2D eigenvalue weighted by atomic mass is 16.1. The number of hydrogen-bond donors (Lipinski definition) is 2. The maximum Gasteiger partial charge on any atom is 0.269 e. The first-order chi connectivity index (χ1) is 13.0. The van der Waals surface area contributed by atoms with E-state index in [-0.39, 0.29) is 5.91 Å². The second kappa shape index (κ2) is 8.07. The van der Waals surface area contributed by atoms with Crippen LogP contribution in [0.4, 0.5) is 5.69 Å². The van der Waals surface area contributed by atoms with E-state index in [0.717, 1.165) is 35.6 Å². The van der Waals surface area contributed by atoms with Crippen molar-refractivity contribution in [3.05, 3.63) is 53.5 Å². The molecule has 1 aromatic carbocycles. The molecule has 0 fully saturated rings. The smallest absolute Gasteiger partial charge is 0.269 e. The molecule has 0 unspecified atom stereocenters. The van der Waals surface area contributed by atoms with Gasteiger partial charge >= 0.3 is 0 Å². The van der Waals surface area contributed by atoms with E-state index < -0.39 is 0 Å². The Balaban J connectivity index is 1.53. The zero-order chi connectivity index (χ0) is 19.4. The van der Waals surface area contributed by atoms with Crippen LogP contribution in [0.5, 0.6) is 0 Å². The second-order valence-electron chi connectivity index (χ2n) is 6.70. The van der Waals surface area contributed by atoms with Gasteiger partial charge < -0.3 is 10.2 Å². The Labute approximate surface area is 159 Å². The zero-order valence-electron chi connectivity index (χ0n) is 16.3. The fourth-order valence-electron chi connectivity index (χ4n) is 3.14. The number of aromatic amines is 1. The molecule has 7 heteroatoms. The SMILES string of the molecule is Cc1nn(C)c(C)c1-c1cc(C(=O)NCCCN(C)c2ccccc2)[nH]n1. The summed E-state index contributed by atoms with van der Waals surface area (Å²) in [4.78, 5) is 14.5. The number of para-hydroxylation sites is 1. The number of H-pyrrole nitrogens is 1. The largest absolute Gasteiger partial charge is 0.375 e. The Bertz CT molecular complexity index is 912. The van der Waals surface area contributed by atoms with Crippen molar-refractivity contribution in [1.29, 1.82) is 0 Å². The van der Waals surface area contributed by atoms with Crippen molar-refractivity contribution < 1.29 is 4.79 Å². The number of anilines is 1. The van der Waals surface area contributed by atoms with Crippen molar-refractivity contribution in [3.8, 4) is 11.3 Å². The van der Waals surface area contributed by atoms with E-state index in [1.54, 1.807) is 6.07 Å². The van der Waals surface area contributed by atoms with Crippen LogP contribution >= 0.6 is 0 Å². The van der Waals surface area contributed by atoms with Gasteiger partial charge in [0.05, 0.1) is 11.4 Å². The van der Waals surface area contributed by atoms with Gasteiger partial charge in [0.25, 0.3) is 5.91 Å². The molecule has 0 bridgehead atoms. The summed E-state index contributed by atoms with van der Waals surface area (Å²) in [6.07, 6.45) is 0.860. The molecule has 0 spiro atoms. The van der Waals surface area contributed by atoms with Crippen LogP contribution in [-0.2, 0) is 7.05 Å². The molecule has 2 heterocycles. The molecule has 1 amide bonds. The number of amides is 1. The number of aromatic nitrogens is 4. The number of hydrogen-bond acceptors (Lipinski definition) is 4. The fraction of sp³-hybridized carbons (Fsp3) is 0.350. The molecule has 27 heavy (non-hydrogen) atoms. The average molecular weight is 366 g/mol. The van der Waals surface area contributed by atoms with E-state index in [1.807, 2.05) is 43.8 Å². The minimum absolute atomic E-state index is 0.143. The third-order valence-corrected chi connectivity index (χ3v) is 4.74. The number of nitrogens with zero attached hydrogens (tertiary/aromatic N) is 4. The van der Waals surface area contributed by atoms with Gasteiger partial charge in [-0.1, -0.05) is 18.2 Å². The van der Waals surface area contributed by atoms with Crippen LogP contribution < -0.4 is 10.2 Å². The van der Waals surface area contributed by atoms with Crippen LogP contribution in [0.2, 0.25) is 0 Å². The number of benzene rings is 1. The minimum Gasteiger partial charge on any atom is -0.375 e. The molecule has 0 aliphatic rings. The molecule has 142 valence electrons. The summed E-state index contributed by atoms with van der Waals surface area (Å²) in [6, 6.07) is 12.0. The highest BCUT2D eigenvalue weighted by Gasteiger charge is 2.17. The van der Waals surface area contributed by atoms with Crippen LogP contribution in [-0.4, -0.2) is 46.0 Å². The minimum atomic E-state index is -0.143. The van der Waals surface area contributed by atoms with E-state index >= 15 is 0 Å². The molecule has 7 nitrogen and oxygen atoms in total. The lowest BCUT2D eigenvalue weighted by molar-refractivity contribution is 0.0948. The Morgan fingerprint density at radius 1 is 1.26 bits per heavy atom. The summed E-state index contributed by atoms with van der Waals surface area (Å²) < 4.78 is 1.82. The van der Waals surface area contributed by atoms with Gasteiger partial charge in [-0.15, -0.1) is 0 Å². The standard InChI is InChI=1S/C20H26N6O/c1-14-19(15(2)26(4)24-14)17-13-18(23-22-17)20(27)21-11-8-12-25(3)16-9-6-5-7-10-16/h5-7,9-10,13H,8,11-12H2,1-4H3,(H,21,27)(H,22,23). The molecule has 0 aliphatic carbocycles. The topological polar surface area (TPSA) is 78.8 Å².